The molecule has 0 radical (unpaired) electrons. The first-order valence-corrected chi connectivity index (χ1v) is 2.41. The molecule has 2 N–H and O–H groups in total. The largest absolute Gasteiger partial charge is 0.310 e. The van der Waals surface area contributed by atoms with Crippen LogP contribution in [-0.2, 0) is 0 Å². The van der Waals surface area contributed by atoms with Crippen LogP contribution in [-0.4, -0.2) is 12.4 Å². The fourth-order valence-electron chi connectivity index (χ4n) is 0.260. The van der Waals surface area contributed by atoms with E-state index in [-0.39, 0.29) is 6.17 Å². The van der Waals surface area contributed by atoms with Crippen LogP contribution in [0, 0.1) is 11.3 Å². The molecule has 0 heterocycles. The van der Waals surface area contributed by atoms with Crippen molar-refractivity contribution in [1.82, 2.24) is 0 Å². The predicted molar refractivity (Wildman–Crippen MR) is 32.4 cm³/mol. The number of aliphatic imine (C=N–C) groups is 1. The molecule has 44 valence electrons. The molecule has 1 unspecified atom stereocenters. The molecule has 0 aliphatic carbocycles. The summed E-state index contributed by atoms with van der Waals surface area (Å²) in [6.07, 6.45) is 1.69. The average molecular weight is 111 g/mol. The van der Waals surface area contributed by atoms with Gasteiger partial charge < -0.3 is 5.73 Å². The van der Waals surface area contributed by atoms with Gasteiger partial charge >= 0.3 is 0 Å². The van der Waals surface area contributed by atoms with E-state index in [4.69, 9.17) is 11.0 Å². The van der Waals surface area contributed by atoms with Gasteiger partial charge in [-0.1, -0.05) is 0 Å². The van der Waals surface area contributed by atoms with Crippen molar-refractivity contribution < 1.29 is 0 Å². The van der Waals surface area contributed by atoms with E-state index < -0.39 is 0 Å². The number of nitrogens with two attached hydrogens (primary N) is 1. The van der Waals surface area contributed by atoms with Crippen molar-refractivity contribution in [2.24, 2.45) is 10.7 Å². The third-order valence-corrected chi connectivity index (χ3v) is 0.523. The maximum atomic E-state index is 8.00. The van der Waals surface area contributed by atoms with Crippen LogP contribution in [0.1, 0.15) is 13.3 Å². The molecule has 0 aromatic heterocycles. The standard InChI is InChI=1S/C5H9N3/c1-5(7)8-4-2-3-6/h4-5H,2,7H2,1H3/b8-4-. The molecule has 0 spiro atoms. The first-order valence-electron chi connectivity index (χ1n) is 2.41. The van der Waals surface area contributed by atoms with E-state index in [1.54, 1.807) is 6.92 Å². The zero-order valence-corrected chi connectivity index (χ0v) is 4.83. The highest BCUT2D eigenvalue weighted by Crippen LogP contribution is 1.75. The summed E-state index contributed by atoms with van der Waals surface area (Å²) >= 11 is 0. The number of rotatable bonds is 2. The molecule has 8 heavy (non-hydrogen) atoms. The van der Waals surface area contributed by atoms with Crippen LogP contribution in [0.4, 0.5) is 0 Å². The third-order valence-electron chi connectivity index (χ3n) is 0.523. The molecule has 1 atom stereocenters. The molecule has 3 heteroatoms. The van der Waals surface area contributed by atoms with Crippen molar-refractivity contribution >= 4 is 6.21 Å². The second kappa shape index (κ2) is 4.28. The van der Waals surface area contributed by atoms with E-state index in [0.29, 0.717) is 6.42 Å². The summed E-state index contributed by atoms with van der Waals surface area (Å²) in [4.78, 5) is 3.74. The minimum Gasteiger partial charge on any atom is -0.310 e. The minimum absolute atomic E-state index is 0.177. The summed E-state index contributed by atoms with van der Waals surface area (Å²) in [6, 6.07) is 1.92. The molecule has 0 aliphatic heterocycles. The zero-order chi connectivity index (χ0) is 6.41. The van der Waals surface area contributed by atoms with Crippen molar-refractivity contribution in [3.63, 3.8) is 0 Å². The number of hydrogen-bond donors (Lipinski definition) is 1. The summed E-state index contributed by atoms with van der Waals surface area (Å²) in [5.41, 5.74) is 5.23. The summed E-state index contributed by atoms with van der Waals surface area (Å²) in [6.45, 7) is 1.76. The van der Waals surface area contributed by atoms with Crippen molar-refractivity contribution in [3.8, 4) is 6.07 Å². The van der Waals surface area contributed by atoms with Gasteiger partial charge in [-0.05, 0) is 6.92 Å². The van der Waals surface area contributed by atoms with Crippen molar-refractivity contribution in [1.29, 1.82) is 5.26 Å². The number of hydrogen-bond acceptors (Lipinski definition) is 3. The van der Waals surface area contributed by atoms with Gasteiger partial charge in [-0.15, -0.1) is 0 Å². The van der Waals surface area contributed by atoms with Crippen molar-refractivity contribution in [3.05, 3.63) is 0 Å². The Morgan fingerprint density at radius 1 is 2.00 bits per heavy atom. The summed E-state index contributed by atoms with van der Waals surface area (Å²) < 4.78 is 0. The van der Waals surface area contributed by atoms with Crippen LogP contribution in [0.25, 0.3) is 0 Å². The molecule has 0 saturated heterocycles. The van der Waals surface area contributed by atoms with Gasteiger partial charge in [0.1, 0.15) is 0 Å². The summed E-state index contributed by atoms with van der Waals surface area (Å²) in [5.74, 6) is 0. The lowest BCUT2D eigenvalue weighted by Crippen LogP contribution is -2.10. The molecule has 0 rings (SSSR count). The highest BCUT2D eigenvalue weighted by atomic mass is 14.9. The van der Waals surface area contributed by atoms with Crippen LogP contribution in [0.3, 0.4) is 0 Å². The van der Waals surface area contributed by atoms with Crippen LogP contribution in [0.15, 0.2) is 4.99 Å². The Balaban J connectivity index is 3.23. The fraction of sp³-hybridized carbons (Fsp3) is 0.600. The molecule has 0 fully saturated rings. The Kier molecular flexibility index (Phi) is 3.81. The van der Waals surface area contributed by atoms with E-state index in [1.165, 1.54) is 6.21 Å². The predicted octanol–water partition coefficient (Wildman–Crippen LogP) is 0.276. The molecule has 0 aliphatic rings. The molecular weight excluding hydrogens is 102 g/mol. The molecular formula is C5H9N3. The van der Waals surface area contributed by atoms with Gasteiger partial charge in [0, 0.05) is 6.21 Å². The van der Waals surface area contributed by atoms with Gasteiger partial charge in [0.2, 0.25) is 0 Å². The van der Waals surface area contributed by atoms with E-state index in [0.717, 1.165) is 0 Å². The van der Waals surface area contributed by atoms with Gasteiger partial charge in [-0.2, -0.15) is 5.26 Å². The Morgan fingerprint density at radius 3 is 3.00 bits per heavy atom. The first kappa shape index (κ1) is 7.12. The second-order valence-electron chi connectivity index (χ2n) is 1.43. The topological polar surface area (TPSA) is 62.2 Å². The van der Waals surface area contributed by atoms with Gasteiger partial charge in [0.05, 0.1) is 18.7 Å². The van der Waals surface area contributed by atoms with E-state index in [9.17, 15) is 0 Å². The first-order chi connectivity index (χ1) is 3.77. The van der Waals surface area contributed by atoms with Gasteiger partial charge in [0.15, 0.2) is 0 Å². The van der Waals surface area contributed by atoms with E-state index in [2.05, 4.69) is 4.99 Å². The Morgan fingerprint density at radius 2 is 2.62 bits per heavy atom. The maximum absolute atomic E-state index is 8.00. The Hall–Kier alpha value is -0.880. The smallest absolute Gasteiger partial charge is 0.0937 e. The average Bonchev–Trinajstić information content (AvgIpc) is 1.66. The Bertz CT molecular complexity index is 109. The molecule has 0 amide bonds. The lowest BCUT2D eigenvalue weighted by molar-refractivity contribution is 0.795. The summed E-state index contributed by atoms with van der Waals surface area (Å²) in [5, 5.41) is 8.00. The fourth-order valence-corrected chi connectivity index (χ4v) is 0.260. The molecule has 0 saturated carbocycles. The number of nitrogens with zero attached hydrogens (tertiary/aromatic N) is 2. The molecule has 3 nitrogen and oxygen atoms in total. The van der Waals surface area contributed by atoms with Gasteiger partial charge in [-0.25, -0.2) is 0 Å². The van der Waals surface area contributed by atoms with Crippen LogP contribution < -0.4 is 5.73 Å². The quantitative estimate of drug-likeness (QED) is 0.520. The van der Waals surface area contributed by atoms with E-state index in [1.807, 2.05) is 6.07 Å². The van der Waals surface area contributed by atoms with Crippen LogP contribution >= 0.6 is 0 Å². The normalized spacial score (nSPS) is 13.6. The van der Waals surface area contributed by atoms with Gasteiger partial charge in [-0.3, -0.25) is 4.99 Å². The van der Waals surface area contributed by atoms with Crippen LogP contribution in [0.5, 0.6) is 0 Å². The highest BCUT2D eigenvalue weighted by molar-refractivity contribution is 5.60. The SMILES string of the molecule is CC(N)/N=C\CC#N. The van der Waals surface area contributed by atoms with Crippen LogP contribution in [0.2, 0.25) is 0 Å². The lowest BCUT2D eigenvalue weighted by Gasteiger charge is -1.90. The van der Waals surface area contributed by atoms with E-state index >= 15 is 0 Å². The second-order valence-corrected chi connectivity index (χ2v) is 1.43. The molecule has 0 aromatic carbocycles. The lowest BCUT2D eigenvalue weighted by atomic mass is 10.5. The van der Waals surface area contributed by atoms with Crippen molar-refractivity contribution in [2.45, 2.75) is 19.5 Å². The zero-order valence-electron chi connectivity index (χ0n) is 4.83. The number of nitriles is 1. The molecule has 0 bridgehead atoms. The Labute approximate surface area is 48.8 Å². The molecule has 0 aromatic rings. The maximum Gasteiger partial charge on any atom is 0.0937 e. The third kappa shape index (κ3) is 5.12. The monoisotopic (exact) mass is 111 g/mol. The summed E-state index contributed by atoms with van der Waals surface area (Å²) in [7, 11) is 0. The minimum atomic E-state index is -0.177. The van der Waals surface area contributed by atoms with Gasteiger partial charge in [0.25, 0.3) is 0 Å². The highest BCUT2D eigenvalue weighted by Gasteiger charge is 1.80. The van der Waals surface area contributed by atoms with Crippen molar-refractivity contribution in [2.75, 3.05) is 0 Å².